The zero-order valence-corrected chi connectivity index (χ0v) is 10.4. The number of terminal acetylenes is 1. The van der Waals surface area contributed by atoms with Gasteiger partial charge in [0, 0.05) is 0 Å². The highest BCUT2D eigenvalue weighted by Crippen LogP contribution is 1.96. The molecule has 90 valence electrons. The minimum atomic E-state index is 0.480. The predicted octanol–water partition coefficient (Wildman–Crippen LogP) is -0.874. The van der Waals surface area contributed by atoms with E-state index in [9.17, 15) is 0 Å². The van der Waals surface area contributed by atoms with Gasteiger partial charge in [0.2, 0.25) is 0 Å². The van der Waals surface area contributed by atoms with Gasteiger partial charge in [0.05, 0.1) is 26.2 Å². The molecule has 0 spiro atoms. The minimum absolute atomic E-state index is 0.480. The first-order valence-electron chi connectivity index (χ1n) is 7.04. The second-order valence-corrected chi connectivity index (χ2v) is 5.45. The molecule has 2 rings (SSSR count). The topological polar surface area (TPSA) is 8.88 Å². The highest BCUT2D eigenvalue weighted by atomic mass is 15.2. The Morgan fingerprint density at radius 3 is 2.00 bits per heavy atom. The van der Waals surface area contributed by atoms with Crippen molar-refractivity contribution in [3.8, 4) is 12.3 Å². The van der Waals surface area contributed by atoms with Crippen molar-refractivity contribution in [1.29, 1.82) is 0 Å². The fourth-order valence-corrected chi connectivity index (χ4v) is 3.22. The summed E-state index contributed by atoms with van der Waals surface area (Å²) in [5.41, 5.74) is 0. The predicted molar refractivity (Wildman–Crippen MR) is 66.6 cm³/mol. The van der Waals surface area contributed by atoms with Crippen LogP contribution in [0.15, 0.2) is 0 Å². The van der Waals surface area contributed by atoms with Gasteiger partial charge in [-0.25, -0.2) is 0 Å². The number of hydrogen-bond donors (Lipinski definition) is 2. The molecule has 0 aromatic carbocycles. The molecule has 2 nitrogen and oxygen atoms in total. The first-order chi connectivity index (χ1) is 7.90. The van der Waals surface area contributed by atoms with Crippen LogP contribution >= 0.6 is 0 Å². The summed E-state index contributed by atoms with van der Waals surface area (Å²) >= 11 is 0. The van der Waals surface area contributed by atoms with E-state index in [0.29, 0.717) is 6.04 Å². The van der Waals surface area contributed by atoms with Crippen molar-refractivity contribution in [2.45, 2.75) is 44.6 Å². The van der Waals surface area contributed by atoms with Crippen LogP contribution in [0.3, 0.4) is 0 Å². The molecule has 0 aliphatic carbocycles. The molecule has 2 N–H and O–H groups in total. The molecule has 0 saturated carbocycles. The van der Waals surface area contributed by atoms with Gasteiger partial charge in [0.1, 0.15) is 6.54 Å². The van der Waals surface area contributed by atoms with E-state index >= 15 is 0 Å². The van der Waals surface area contributed by atoms with E-state index in [1.807, 2.05) is 0 Å². The number of nitrogens with one attached hydrogen (secondary N) is 2. The summed E-state index contributed by atoms with van der Waals surface area (Å²) in [6.07, 6.45) is 14.1. The largest absolute Gasteiger partial charge is 0.329 e. The maximum atomic E-state index is 5.74. The van der Waals surface area contributed by atoms with Crippen LogP contribution in [0.5, 0.6) is 0 Å². The molecule has 2 aliphatic heterocycles. The quantitative estimate of drug-likeness (QED) is 0.574. The first kappa shape index (κ1) is 12.0. The Kier molecular flexibility index (Phi) is 4.69. The van der Waals surface area contributed by atoms with Crippen molar-refractivity contribution in [2.75, 3.05) is 32.7 Å². The van der Waals surface area contributed by atoms with Crippen LogP contribution in [-0.4, -0.2) is 38.8 Å². The van der Waals surface area contributed by atoms with E-state index in [4.69, 9.17) is 6.42 Å². The Labute approximate surface area is 100.0 Å². The Morgan fingerprint density at radius 1 is 0.875 bits per heavy atom. The molecule has 2 saturated heterocycles. The lowest BCUT2D eigenvalue weighted by Gasteiger charge is -2.31. The fraction of sp³-hybridized carbons (Fsp3) is 0.857. The van der Waals surface area contributed by atoms with Crippen molar-refractivity contribution >= 4 is 0 Å². The zero-order chi connectivity index (χ0) is 11.2. The molecule has 0 radical (unpaired) electrons. The Balaban J connectivity index is 1.81. The number of hydrogen-bond acceptors (Lipinski definition) is 0. The van der Waals surface area contributed by atoms with Gasteiger partial charge in [-0.1, -0.05) is 0 Å². The van der Waals surface area contributed by atoms with E-state index in [2.05, 4.69) is 5.92 Å². The lowest BCUT2D eigenvalue weighted by molar-refractivity contribution is -0.974. The van der Waals surface area contributed by atoms with Crippen LogP contribution in [0.1, 0.15) is 38.5 Å². The summed E-state index contributed by atoms with van der Waals surface area (Å²) in [6, 6.07) is 0.480. The SMILES string of the molecule is C#C[C@H](C[NH+]1CCCCC1)[NH+]1CCCCC1. The molecule has 0 aromatic heterocycles. The molecule has 2 heterocycles. The average molecular weight is 222 g/mol. The van der Waals surface area contributed by atoms with Crippen LogP contribution in [-0.2, 0) is 0 Å². The smallest absolute Gasteiger partial charge is 0.198 e. The maximum Gasteiger partial charge on any atom is 0.198 e. The normalized spacial score (nSPS) is 26.2. The molecule has 0 amide bonds. The summed E-state index contributed by atoms with van der Waals surface area (Å²) in [4.78, 5) is 3.44. The summed E-state index contributed by atoms with van der Waals surface area (Å²) in [5.74, 6) is 3.06. The van der Waals surface area contributed by atoms with Gasteiger partial charge in [0.25, 0.3) is 0 Å². The Morgan fingerprint density at radius 2 is 1.44 bits per heavy atom. The molecule has 2 fully saturated rings. The number of quaternary nitrogens is 2. The standard InChI is InChI=1S/C14H24N2/c1-2-14(16-11-7-4-8-12-16)13-15-9-5-3-6-10-15/h1,14H,3-13H2/p+2/t14-/m1/s1. The van der Waals surface area contributed by atoms with Gasteiger partial charge in [-0.05, 0) is 44.4 Å². The van der Waals surface area contributed by atoms with Gasteiger partial charge >= 0.3 is 0 Å². The lowest BCUT2D eigenvalue weighted by atomic mass is 10.1. The van der Waals surface area contributed by atoms with Crippen LogP contribution in [0, 0.1) is 12.3 Å². The third kappa shape index (κ3) is 3.23. The molecule has 2 heteroatoms. The van der Waals surface area contributed by atoms with Crippen LogP contribution < -0.4 is 9.80 Å². The molecule has 16 heavy (non-hydrogen) atoms. The third-order valence-corrected chi connectivity index (χ3v) is 4.24. The van der Waals surface area contributed by atoms with Crippen molar-refractivity contribution in [3.63, 3.8) is 0 Å². The second kappa shape index (κ2) is 6.27. The number of likely N-dealkylation sites (tertiary alicyclic amines) is 2. The Bertz CT molecular complexity index is 232. The molecule has 0 unspecified atom stereocenters. The van der Waals surface area contributed by atoms with Crippen molar-refractivity contribution < 1.29 is 9.80 Å². The zero-order valence-electron chi connectivity index (χ0n) is 10.4. The van der Waals surface area contributed by atoms with Crippen LogP contribution in [0.2, 0.25) is 0 Å². The highest BCUT2D eigenvalue weighted by Gasteiger charge is 2.27. The van der Waals surface area contributed by atoms with Crippen LogP contribution in [0.25, 0.3) is 0 Å². The molecular formula is C14H26N2+2. The summed E-state index contributed by atoms with van der Waals surface area (Å²) in [7, 11) is 0. The summed E-state index contributed by atoms with van der Waals surface area (Å²) in [6.45, 7) is 6.53. The average Bonchev–Trinajstić information content (AvgIpc) is 2.38. The van der Waals surface area contributed by atoms with E-state index < -0.39 is 0 Å². The number of piperidine rings is 2. The van der Waals surface area contributed by atoms with Crippen molar-refractivity contribution in [1.82, 2.24) is 0 Å². The minimum Gasteiger partial charge on any atom is -0.329 e. The van der Waals surface area contributed by atoms with Gasteiger partial charge in [-0.2, -0.15) is 0 Å². The number of rotatable bonds is 3. The molecule has 0 bridgehead atoms. The maximum absolute atomic E-state index is 5.74. The van der Waals surface area contributed by atoms with Gasteiger partial charge < -0.3 is 9.80 Å². The fourth-order valence-electron chi connectivity index (χ4n) is 3.22. The monoisotopic (exact) mass is 222 g/mol. The van der Waals surface area contributed by atoms with E-state index in [0.717, 1.165) is 0 Å². The highest BCUT2D eigenvalue weighted by molar-refractivity contribution is 4.93. The molecule has 1 atom stereocenters. The van der Waals surface area contributed by atoms with Gasteiger partial charge in [-0.3, -0.25) is 0 Å². The molecular weight excluding hydrogens is 196 g/mol. The van der Waals surface area contributed by atoms with Crippen molar-refractivity contribution in [3.05, 3.63) is 0 Å². The Hall–Kier alpha value is -0.520. The van der Waals surface area contributed by atoms with Crippen LogP contribution in [0.4, 0.5) is 0 Å². The van der Waals surface area contributed by atoms with Gasteiger partial charge in [0.15, 0.2) is 6.04 Å². The van der Waals surface area contributed by atoms with E-state index in [1.54, 1.807) is 9.80 Å². The summed E-state index contributed by atoms with van der Waals surface area (Å²) in [5, 5.41) is 0. The van der Waals surface area contributed by atoms with Crippen molar-refractivity contribution in [2.24, 2.45) is 0 Å². The van der Waals surface area contributed by atoms with Gasteiger partial charge in [-0.15, -0.1) is 6.42 Å². The molecule has 2 aliphatic rings. The van der Waals surface area contributed by atoms with E-state index in [-0.39, 0.29) is 0 Å². The van der Waals surface area contributed by atoms with E-state index in [1.165, 1.54) is 71.2 Å². The molecule has 0 aromatic rings. The first-order valence-corrected chi connectivity index (χ1v) is 7.04. The lowest BCUT2D eigenvalue weighted by Crippen LogP contribution is -3.23. The summed E-state index contributed by atoms with van der Waals surface area (Å²) < 4.78 is 0. The second-order valence-electron chi connectivity index (χ2n) is 5.45. The third-order valence-electron chi connectivity index (χ3n) is 4.24.